The van der Waals surface area contributed by atoms with Gasteiger partial charge >= 0.3 is 57.4 Å². The van der Waals surface area contributed by atoms with Crippen molar-refractivity contribution in [2.45, 2.75) is 0 Å². The van der Waals surface area contributed by atoms with E-state index in [4.69, 9.17) is 5.11 Å². The number of hydrogen-bond donors (Lipinski definition) is 2. The Morgan fingerprint density at radius 3 is 2.62 bits per heavy atom. The van der Waals surface area contributed by atoms with Gasteiger partial charge in [0.15, 0.2) is 0 Å². The van der Waals surface area contributed by atoms with Crippen molar-refractivity contribution in [2.24, 2.45) is 0 Å². The quantitative estimate of drug-likeness (QED) is 0.719. The first-order valence-corrected chi connectivity index (χ1v) is 3.40. The molecule has 0 aromatic heterocycles. The van der Waals surface area contributed by atoms with Crippen LogP contribution in [0.25, 0.3) is 0 Å². The van der Waals surface area contributed by atoms with Gasteiger partial charge in [0, 0.05) is 0 Å². The zero-order chi connectivity index (χ0) is 8.97. The molecule has 66 valence electrons. The molecule has 0 spiro atoms. The summed E-state index contributed by atoms with van der Waals surface area (Å²) in [6.07, 6.45) is 0. The van der Waals surface area contributed by atoms with E-state index in [9.17, 15) is 9.18 Å². The number of para-hydroxylation sites is 1. The minimum absolute atomic E-state index is 0. The average Bonchev–Trinajstić information content (AvgIpc) is 2.03. The normalized spacial score (nSPS) is 8.69. The van der Waals surface area contributed by atoms with Gasteiger partial charge in [-0.25, -0.2) is 4.39 Å². The summed E-state index contributed by atoms with van der Waals surface area (Å²) in [5, 5.41) is 10.7. The van der Waals surface area contributed by atoms with Crippen molar-refractivity contribution in [3.05, 3.63) is 30.1 Å². The molecular formula is C8H9FKNO2. The van der Waals surface area contributed by atoms with Crippen LogP contribution in [0, 0.1) is 5.82 Å². The number of carboxylic acids is 1. The van der Waals surface area contributed by atoms with Crippen LogP contribution in [0.2, 0.25) is 0 Å². The molecule has 0 amide bonds. The third kappa shape index (κ3) is 4.73. The van der Waals surface area contributed by atoms with Crippen LogP contribution in [0.5, 0.6) is 0 Å². The Balaban J connectivity index is 0.00000144. The van der Waals surface area contributed by atoms with Gasteiger partial charge in [-0.2, -0.15) is 0 Å². The third-order valence-corrected chi connectivity index (χ3v) is 1.30. The molecule has 0 saturated carbocycles. The van der Waals surface area contributed by atoms with Gasteiger partial charge < -0.3 is 10.4 Å². The van der Waals surface area contributed by atoms with E-state index in [1.54, 1.807) is 12.1 Å². The van der Waals surface area contributed by atoms with Crippen LogP contribution >= 0.6 is 0 Å². The molecule has 3 nitrogen and oxygen atoms in total. The van der Waals surface area contributed by atoms with E-state index in [1.165, 1.54) is 12.1 Å². The number of benzene rings is 1. The van der Waals surface area contributed by atoms with Crippen molar-refractivity contribution in [3.8, 4) is 0 Å². The SMILES string of the molecule is O=C(O)CNc1ccccc1F.[KH]. The first kappa shape index (κ1) is 13.1. The fraction of sp³-hybridized carbons (Fsp3) is 0.125. The van der Waals surface area contributed by atoms with E-state index < -0.39 is 11.8 Å². The summed E-state index contributed by atoms with van der Waals surface area (Å²) in [6, 6.07) is 5.93. The molecule has 0 unspecified atom stereocenters. The zero-order valence-electron chi connectivity index (χ0n) is 6.25. The van der Waals surface area contributed by atoms with Gasteiger partial charge in [0.1, 0.15) is 12.4 Å². The fourth-order valence-electron chi connectivity index (χ4n) is 0.775. The predicted molar refractivity (Wildman–Crippen MR) is 49.7 cm³/mol. The molecule has 0 atom stereocenters. The van der Waals surface area contributed by atoms with E-state index in [0.29, 0.717) is 0 Å². The topological polar surface area (TPSA) is 49.3 Å². The molecule has 1 aromatic rings. The van der Waals surface area contributed by atoms with Crippen molar-refractivity contribution >= 4 is 63.0 Å². The zero-order valence-corrected chi connectivity index (χ0v) is 6.25. The summed E-state index contributed by atoms with van der Waals surface area (Å²) in [4.78, 5) is 10.1. The molecule has 5 heteroatoms. The third-order valence-electron chi connectivity index (χ3n) is 1.30. The monoisotopic (exact) mass is 209 g/mol. The van der Waals surface area contributed by atoms with Crippen LogP contribution in [0.1, 0.15) is 0 Å². The van der Waals surface area contributed by atoms with E-state index in [0.717, 1.165) is 0 Å². The summed E-state index contributed by atoms with van der Waals surface area (Å²) < 4.78 is 12.8. The number of nitrogens with one attached hydrogen (secondary N) is 1. The average molecular weight is 209 g/mol. The standard InChI is InChI=1S/C8H8FNO2.K.H/c9-6-3-1-2-4-7(6)10-5-8(11)12;;/h1-4,10H,5H2,(H,11,12);;. The van der Waals surface area contributed by atoms with Gasteiger partial charge in [-0.15, -0.1) is 0 Å². The summed E-state index contributed by atoms with van der Waals surface area (Å²) in [7, 11) is 0. The molecule has 1 aromatic carbocycles. The second-order valence-electron chi connectivity index (χ2n) is 2.23. The summed E-state index contributed by atoms with van der Waals surface area (Å²) in [5.41, 5.74) is 0.208. The van der Waals surface area contributed by atoms with Gasteiger partial charge in [-0.3, -0.25) is 4.79 Å². The molecule has 0 fully saturated rings. The van der Waals surface area contributed by atoms with Crippen molar-refractivity contribution < 1.29 is 14.3 Å². The number of rotatable bonds is 3. The molecule has 0 aliphatic carbocycles. The van der Waals surface area contributed by atoms with Gasteiger partial charge in [-0.1, -0.05) is 12.1 Å². The molecular weight excluding hydrogens is 200 g/mol. The second-order valence-corrected chi connectivity index (χ2v) is 2.23. The van der Waals surface area contributed by atoms with E-state index >= 15 is 0 Å². The molecule has 0 radical (unpaired) electrons. The van der Waals surface area contributed by atoms with Gasteiger partial charge in [0.05, 0.1) is 5.69 Å². The molecule has 2 N–H and O–H groups in total. The van der Waals surface area contributed by atoms with Gasteiger partial charge in [-0.05, 0) is 12.1 Å². The Morgan fingerprint density at radius 1 is 1.46 bits per heavy atom. The van der Waals surface area contributed by atoms with Crippen LogP contribution in [0.3, 0.4) is 0 Å². The Hall–Kier alpha value is 0.0564. The summed E-state index contributed by atoms with van der Waals surface area (Å²) in [6.45, 7) is -0.277. The van der Waals surface area contributed by atoms with Crippen molar-refractivity contribution in [1.29, 1.82) is 0 Å². The van der Waals surface area contributed by atoms with E-state index in [2.05, 4.69) is 5.32 Å². The first-order valence-electron chi connectivity index (χ1n) is 3.40. The summed E-state index contributed by atoms with van der Waals surface area (Å²) >= 11 is 0. The Labute approximate surface area is 118 Å². The minimum atomic E-state index is -1.02. The van der Waals surface area contributed by atoms with Gasteiger partial charge in [0.25, 0.3) is 0 Å². The Kier molecular flexibility index (Phi) is 6.53. The molecule has 0 saturated heterocycles. The molecule has 13 heavy (non-hydrogen) atoms. The molecule has 0 aliphatic rings. The van der Waals surface area contributed by atoms with Crippen LogP contribution in [-0.2, 0) is 4.79 Å². The fourth-order valence-corrected chi connectivity index (χ4v) is 0.775. The number of carbonyl (C=O) groups is 1. The van der Waals surface area contributed by atoms with Crippen LogP contribution in [-0.4, -0.2) is 69.0 Å². The molecule has 1 rings (SSSR count). The maximum atomic E-state index is 12.8. The van der Waals surface area contributed by atoms with Crippen LogP contribution < -0.4 is 5.32 Å². The van der Waals surface area contributed by atoms with Crippen molar-refractivity contribution in [2.75, 3.05) is 11.9 Å². The Bertz CT molecular complexity index is 293. The van der Waals surface area contributed by atoms with Crippen LogP contribution in [0.4, 0.5) is 10.1 Å². The first-order chi connectivity index (χ1) is 5.70. The molecule has 0 aliphatic heterocycles. The van der Waals surface area contributed by atoms with E-state index in [-0.39, 0.29) is 63.6 Å². The van der Waals surface area contributed by atoms with Crippen molar-refractivity contribution in [1.82, 2.24) is 0 Å². The number of hydrogen-bond acceptors (Lipinski definition) is 2. The van der Waals surface area contributed by atoms with E-state index in [1.807, 2.05) is 0 Å². The number of halogens is 1. The van der Waals surface area contributed by atoms with Crippen LogP contribution in [0.15, 0.2) is 24.3 Å². The maximum absolute atomic E-state index is 12.8. The van der Waals surface area contributed by atoms with Crippen molar-refractivity contribution in [3.63, 3.8) is 0 Å². The number of anilines is 1. The molecule has 0 bridgehead atoms. The predicted octanol–water partition coefficient (Wildman–Crippen LogP) is 0.674. The Morgan fingerprint density at radius 2 is 2.08 bits per heavy atom. The number of aliphatic carboxylic acids is 1. The number of carboxylic acid groups (broad SMARTS) is 1. The summed E-state index contributed by atoms with van der Waals surface area (Å²) in [5.74, 6) is -1.46. The van der Waals surface area contributed by atoms with Gasteiger partial charge in [0.2, 0.25) is 0 Å². The molecule has 0 heterocycles. The second kappa shape index (κ2) is 6.50.